The van der Waals surface area contributed by atoms with Crippen LogP contribution in [-0.2, 0) is 9.53 Å². The van der Waals surface area contributed by atoms with Crippen molar-refractivity contribution in [3.05, 3.63) is 0 Å². The molecule has 1 rings (SSSR count). The van der Waals surface area contributed by atoms with Crippen LogP contribution in [0.2, 0.25) is 0 Å². The van der Waals surface area contributed by atoms with Gasteiger partial charge in [0.15, 0.2) is 0 Å². The summed E-state index contributed by atoms with van der Waals surface area (Å²) < 4.78 is 5.20. The van der Waals surface area contributed by atoms with E-state index in [2.05, 4.69) is 0 Å². The molecule has 14 heavy (non-hydrogen) atoms. The fraction of sp³-hybridized carbons (Fsp3) is 0.909. The normalized spacial score (nSPS) is 22.1. The molecule has 1 N–H and O–H groups in total. The fourth-order valence-corrected chi connectivity index (χ4v) is 1.82. The van der Waals surface area contributed by atoms with E-state index in [9.17, 15) is 4.79 Å². The maximum atomic E-state index is 11.0. The van der Waals surface area contributed by atoms with Crippen LogP contribution in [0.5, 0.6) is 0 Å². The van der Waals surface area contributed by atoms with Crippen LogP contribution in [0, 0.1) is 0 Å². The first-order valence-electron chi connectivity index (χ1n) is 5.63. The van der Waals surface area contributed by atoms with Crippen molar-refractivity contribution in [2.45, 2.75) is 57.5 Å². The Hall–Kier alpha value is -0.570. The SMILES string of the molecule is O=C1CCCC(CCCCCCO)O1. The average Bonchev–Trinajstić information content (AvgIpc) is 2.18. The number of esters is 1. The van der Waals surface area contributed by atoms with E-state index >= 15 is 0 Å². The Morgan fingerprint density at radius 3 is 2.79 bits per heavy atom. The van der Waals surface area contributed by atoms with E-state index in [1.807, 2.05) is 0 Å². The lowest BCUT2D eigenvalue weighted by Gasteiger charge is -2.21. The molecule has 1 aliphatic heterocycles. The van der Waals surface area contributed by atoms with Gasteiger partial charge < -0.3 is 9.84 Å². The van der Waals surface area contributed by atoms with Crippen molar-refractivity contribution in [2.75, 3.05) is 6.61 Å². The summed E-state index contributed by atoms with van der Waals surface area (Å²) in [5.41, 5.74) is 0. The summed E-state index contributed by atoms with van der Waals surface area (Å²) in [5.74, 6) is -0.0309. The van der Waals surface area contributed by atoms with E-state index in [0.29, 0.717) is 13.0 Å². The van der Waals surface area contributed by atoms with Crippen molar-refractivity contribution >= 4 is 5.97 Å². The van der Waals surface area contributed by atoms with E-state index in [1.54, 1.807) is 0 Å². The minimum atomic E-state index is -0.0309. The first kappa shape index (κ1) is 11.5. The van der Waals surface area contributed by atoms with Gasteiger partial charge in [-0.25, -0.2) is 0 Å². The van der Waals surface area contributed by atoms with Crippen LogP contribution >= 0.6 is 0 Å². The second kappa shape index (κ2) is 6.82. The van der Waals surface area contributed by atoms with Gasteiger partial charge in [-0.05, 0) is 32.1 Å². The largest absolute Gasteiger partial charge is 0.462 e. The topological polar surface area (TPSA) is 46.5 Å². The molecule has 1 fully saturated rings. The molecule has 1 saturated heterocycles. The molecule has 0 radical (unpaired) electrons. The van der Waals surface area contributed by atoms with Gasteiger partial charge in [-0.15, -0.1) is 0 Å². The van der Waals surface area contributed by atoms with E-state index in [-0.39, 0.29) is 12.1 Å². The number of hydrogen-bond acceptors (Lipinski definition) is 3. The lowest BCUT2D eigenvalue weighted by Crippen LogP contribution is -2.23. The molecule has 0 aromatic rings. The van der Waals surface area contributed by atoms with E-state index in [1.165, 1.54) is 0 Å². The van der Waals surface area contributed by atoms with Gasteiger partial charge in [0.2, 0.25) is 0 Å². The first-order chi connectivity index (χ1) is 6.83. The zero-order valence-corrected chi connectivity index (χ0v) is 8.71. The Labute approximate surface area is 85.5 Å². The summed E-state index contributed by atoms with van der Waals surface area (Å²) in [4.78, 5) is 11.0. The smallest absolute Gasteiger partial charge is 0.306 e. The van der Waals surface area contributed by atoms with Gasteiger partial charge in [0.25, 0.3) is 0 Å². The van der Waals surface area contributed by atoms with Gasteiger partial charge in [-0.3, -0.25) is 4.79 Å². The molecule has 0 aromatic heterocycles. The molecule has 0 spiro atoms. The van der Waals surface area contributed by atoms with Crippen LogP contribution in [0.15, 0.2) is 0 Å². The summed E-state index contributed by atoms with van der Waals surface area (Å²) in [7, 11) is 0. The maximum absolute atomic E-state index is 11.0. The number of carbonyl (C=O) groups excluding carboxylic acids is 1. The van der Waals surface area contributed by atoms with Crippen molar-refractivity contribution in [1.82, 2.24) is 0 Å². The van der Waals surface area contributed by atoms with Crippen LogP contribution in [0.4, 0.5) is 0 Å². The van der Waals surface area contributed by atoms with Crippen molar-refractivity contribution in [1.29, 1.82) is 0 Å². The van der Waals surface area contributed by atoms with Crippen molar-refractivity contribution in [2.24, 2.45) is 0 Å². The predicted molar refractivity (Wildman–Crippen MR) is 53.9 cm³/mol. The summed E-state index contributed by atoms with van der Waals surface area (Å²) in [5, 5.41) is 8.58. The molecule has 0 aromatic carbocycles. The van der Waals surface area contributed by atoms with Crippen LogP contribution in [0.25, 0.3) is 0 Å². The Kier molecular flexibility index (Phi) is 5.60. The number of cyclic esters (lactones) is 1. The lowest BCUT2D eigenvalue weighted by atomic mass is 10.0. The Morgan fingerprint density at radius 1 is 1.29 bits per heavy atom. The molecule has 3 nitrogen and oxygen atoms in total. The summed E-state index contributed by atoms with van der Waals surface area (Å²) in [6, 6.07) is 0. The van der Waals surface area contributed by atoms with Crippen molar-refractivity contribution in [3.63, 3.8) is 0 Å². The maximum Gasteiger partial charge on any atom is 0.306 e. The highest BCUT2D eigenvalue weighted by atomic mass is 16.5. The molecule has 0 amide bonds. The molecule has 0 saturated carbocycles. The molecule has 3 heteroatoms. The first-order valence-corrected chi connectivity index (χ1v) is 5.63. The zero-order valence-electron chi connectivity index (χ0n) is 8.71. The number of carbonyl (C=O) groups is 1. The number of unbranched alkanes of at least 4 members (excludes halogenated alkanes) is 3. The highest BCUT2D eigenvalue weighted by Gasteiger charge is 2.19. The number of aliphatic hydroxyl groups excluding tert-OH is 1. The van der Waals surface area contributed by atoms with Gasteiger partial charge in [-0.1, -0.05) is 12.8 Å². The molecule has 1 heterocycles. The molecule has 1 atom stereocenters. The van der Waals surface area contributed by atoms with E-state index < -0.39 is 0 Å². The summed E-state index contributed by atoms with van der Waals surface area (Å²) in [6.45, 7) is 0.290. The Bertz CT molecular complexity index is 168. The molecule has 0 bridgehead atoms. The van der Waals surface area contributed by atoms with Crippen molar-refractivity contribution in [3.8, 4) is 0 Å². The van der Waals surface area contributed by atoms with E-state index in [4.69, 9.17) is 9.84 Å². The molecule has 1 unspecified atom stereocenters. The third-order valence-corrected chi connectivity index (χ3v) is 2.64. The minimum Gasteiger partial charge on any atom is -0.462 e. The van der Waals surface area contributed by atoms with Crippen LogP contribution in [-0.4, -0.2) is 23.8 Å². The average molecular weight is 200 g/mol. The highest BCUT2D eigenvalue weighted by molar-refractivity contribution is 5.70. The quantitative estimate of drug-likeness (QED) is 0.527. The van der Waals surface area contributed by atoms with Gasteiger partial charge in [-0.2, -0.15) is 0 Å². The summed E-state index contributed by atoms with van der Waals surface area (Å²) in [6.07, 6.45) is 8.00. The molecule has 82 valence electrons. The van der Waals surface area contributed by atoms with Crippen molar-refractivity contribution < 1.29 is 14.6 Å². The van der Waals surface area contributed by atoms with Crippen LogP contribution in [0.1, 0.15) is 51.4 Å². The lowest BCUT2D eigenvalue weighted by molar-refractivity contribution is -0.154. The minimum absolute atomic E-state index is 0.0309. The zero-order chi connectivity index (χ0) is 10.2. The second-order valence-electron chi connectivity index (χ2n) is 3.93. The number of rotatable bonds is 6. The number of hydrogen-bond donors (Lipinski definition) is 1. The molecular formula is C11H20O3. The summed E-state index contributed by atoms with van der Waals surface area (Å²) >= 11 is 0. The fourth-order valence-electron chi connectivity index (χ4n) is 1.82. The standard InChI is InChI=1S/C11H20O3/c12-9-4-2-1-3-6-10-7-5-8-11(13)14-10/h10,12H,1-9H2. The Balaban J connectivity index is 1.97. The molecule has 1 aliphatic rings. The third-order valence-electron chi connectivity index (χ3n) is 2.64. The van der Waals surface area contributed by atoms with Gasteiger partial charge >= 0.3 is 5.97 Å². The predicted octanol–water partition coefficient (Wildman–Crippen LogP) is 2.02. The van der Waals surface area contributed by atoms with Crippen LogP contribution in [0.3, 0.4) is 0 Å². The second-order valence-corrected chi connectivity index (χ2v) is 3.93. The van der Waals surface area contributed by atoms with Gasteiger partial charge in [0.05, 0.1) is 0 Å². The number of ether oxygens (including phenoxy) is 1. The number of aliphatic hydroxyl groups is 1. The monoisotopic (exact) mass is 200 g/mol. The van der Waals surface area contributed by atoms with Gasteiger partial charge in [0.1, 0.15) is 6.10 Å². The van der Waals surface area contributed by atoms with Gasteiger partial charge in [0, 0.05) is 13.0 Å². The third kappa shape index (κ3) is 4.61. The molecule has 0 aliphatic carbocycles. The van der Waals surface area contributed by atoms with Crippen LogP contribution < -0.4 is 0 Å². The highest BCUT2D eigenvalue weighted by Crippen LogP contribution is 2.19. The molecular weight excluding hydrogens is 180 g/mol. The Morgan fingerprint density at radius 2 is 2.07 bits per heavy atom. The van der Waals surface area contributed by atoms with E-state index in [0.717, 1.165) is 44.9 Å².